The molecule has 0 aliphatic rings. The Labute approximate surface area is 194 Å². The first-order valence-electron chi connectivity index (χ1n) is 9.26. The first-order valence-corrected chi connectivity index (χ1v) is 10.4. The molecule has 1 N–H and O–H groups in total. The van der Waals surface area contributed by atoms with Crippen LogP contribution in [0.5, 0.6) is 11.5 Å². The molecule has 31 heavy (non-hydrogen) atoms. The largest absolute Gasteiger partial charge is 0.490 e. The molecular formula is C22H18Cl3N3O3. The van der Waals surface area contributed by atoms with Crippen LogP contribution in [0, 0.1) is 0 Å². The number of aromatic nitrogens is 1. The second kappa shape index (κ2) is 11.0. The Morgan fingerprint density at radius 2 is 1.90 bits per heavy atom. The van der Waals surface area contributed by atoms with Crippen molar-refractivity contribution >= 4 is 46.9 Å². The predicted octanol–water partition coefficient (Wildman–Crippen LogP) is 5.78. The topological polar surface area (TPSA) is 72.8 Å². The molecule has 0 saturated heterocycles. The first-order chi connectivity index (χ1) is 15.0. The number of nitrogens with one attached hydrogen (secondary N) is 1. The minimum atomic E-state index is -0.481. The van der Waals surface area contributed by atoms with Gasteiger partial charge in [0.1, 0.15) is 11.8 Å². The van der Waals surface area contributed by atoms with Crippen LogP contribution in [0.2, 0.25) is 15.2 Å². The van der Waals surface area contributed by atoms with Gasteiger partial charge in [-0.05, 0) is 42.8 Å². The summed E-state index contributed by atoms with van der Waals surface area (Å²) in [7, 11) is 0. The zero-order valence-electron chi connectivity index (χ0n) is 16.4. The van der Waals surface area contributed by atoms with E-state index in [0.29, 0.717) is 33.7 Å². The Hall–Kier alpha value is -2.80. The molecule has 0 fully saturated rings. The summed E-state index contributed by atoms with van der Waals surface area (Å²) in [5.74, 6) is 0.363. The zero-order valence-corrected chi connectivity index (χ0v) is 18.7. The molecular weight excluding hydrogens is 461 g/mol. The van der Waals surface area contributed by atoms with Gasteiger partial charge in [0, 0.05) is 16.8 Å². The summed E-state index contributed by atoms with van der Waals surface area (Å²) in [4.78, 5) is 16.0. The van der Waals surface area contributed by atoms with Gasteiger partial charge in [0.15, 0.2) is 11.5 Å². The number of halogens is 3. The third kappa shape index (κ3) is 6.10. The highest BCUT2D eigenvalue weighted by Crippen LogP contribution is 2.37. The first kappa shape index (κ1) is 22.9. The Bertz CT molecular complexity index is 1110. The van der Waals surface area contributed by atoms with E-state index < -0.39 is 5.91 Å². The molecule has 0 spiro atoms. The minimum absolute atomic E-state index is 0.0943. The van der Waals surface area contributed by atoms with E-state index in [1.165, 1.54) is 12.4 Å². The van der Waals surface area contributed by atoms with Crippen LogP contribution in [0.4, 0.5) is 0 Å². The zero-order chi connectivity index (χ0) is 22.2. The average Bonchev–Trinajstić information content (AvgIpc) is 2.75. The van der Waals surface area contributed by atoms with Crippen LogP contribution < -0.4 is 14.9 Å². The summed E-state index contributed by atoms with van der Waals surface area (Å²) in [6.07, 6.45) is 2.93. The number of pyridine rings is 1. The molecule has 1 aromatic heterocycles. The lowest BCUT2D eigenvalue weighted by Crippen LogP contribution is -2.18. The van der Waals surface area contributed by atoms with Crippen molar-refractivity contribution in [1.82, 2.24) is 10.4 Å². The van der Waals surface area contributed by atoms with Gasteiger partial charge in [0.2, 0.25) is 0 Å². The van der Waals surface area contributed by atoms with E-state index in [2.05, 4.69) is 15.5 Å². The van der Waals surface area contributed by atoms with E-state index in [-0.39, 0.29) is 17.3 Å². The summed E-state index contributed by atoms with van der Waals surface area (Å²) < 4.78 is 11.6. The molecule has 2 aromatic carbocycles. The highest BCUT2D eigenvalue weighted by atomic mass is 35.5. The van der Waals surface area contributed by atoms with Gasteiger partial charge >= 0.3 is 0 Å². The van der Waals surface area contributed by atoms with E-state index in [1.54, 1.807) is 30.3 Å². The van der Waals surface area contributed by atoms with Crippen molar-refractivity contribution < 1.29 is 14.3 Å². The summed E-state index contributed by atoms with van der Waals surface area (Å²) in [6, 6.07) is 13.9. The lowest BCUT2D eigenvalue weighted by molar-refractivity contribution is 0.0955. The van der Waals surface area contributed by atoms with E-state index in [1.807, 2.05) is 25.1 Å². The van der Waals surface area contributed by atoms with Gasteiger partial charge in [-0.3, -0.25) is 4.79 Å². The van der Waals surface area contributed by atoms with E-state index in [4.69, 9.17) is 44.3 Å². The molecule has 3 rings (SSSR count). The Balaban J connectivity index is 1.74. The van der Waals surface area contributed by atoms with Crippen molar-refractivity contribution in [2.45, 2.75) is 13.5 Å². The van der Waals surface area contributed by atoms with Gasteiger partial charge in [0.25, 0.3) is 5.91 Å². The Morgan fingerprint density at radius 3 is 2.65 bits per heavy atom. The molecule has 160 valence electrons. The van der Waals surface area contributed by atoms with Crippen molar-refractivity contribution in [2.75, 3.05) is 6.61 Å². The van der Waals surface area contributed by atoms with Gasteiger partial charge in [-0.25, -0.2) is 10.4 Å². The van der Waals surface area contributed by atoms with Crippen LogP contribution in [-0.4, -0.2) is 23.7 Å². The summed E-state index contributed by atoms with van der Waals surface area (Å²) in [5, 5.41) is 4.98. The van der Waals surface area contributed by atoms with Crippen molar-refractivity contribution in [3.8, 4) is 11.5 Å². The van der Waals surface area contributed by atoms with Crippen molar-refractivity contribution in [2.24, 2.45) is 5.10 Å². The highest BCUT2D eigenvalue weighted by Gasteiger charge is 2.14. The third-order valence-electron chi connectivity index (χ3n) is 4.04. The standard InChI is InChI=1S/C22H18Cl3N3O3/c1-2-30-19-11-14(12-27-28-22(29)16-7-5-9-26-21(16)25)10-18(24)20(19)31-13-15-6-3-4-8-17(15)23/h3-12H,2,13H2,1H3,(H,28,29). The normalized spacial score (nSPS) is 10.8. The number of ether oxygens (including phenoxy) is 2. The summed E-state index contributed by atoms with van der Waals surface area (Å²) >= 11 is 18.5. The summed E-state index contributed by atoms with van der Waals surface area (Å²) in [5.41, 5.74) is 4.05. The third-order valence-corrected chi connectivity index (χ3v) is 5.00. The Kier molecular flexibility index (Phi) is 8.12. The second-order valence-corrected chi connectivity index (χ2v) is 7.36. The SMILES string of the molecule is CCOc1cc(C=NNC(=O)c2cccnc2Cl)cc(Cl)c1OCc1ccccc1Cl. The maximum absolute atomic E-state index is 12.2. The van der Waals surface area contributed by atoms with Gasteiger partial charge < -0.3 is 9.47 Å². The molecule has 0 aliphatic heterocycles. The van der Waals surface area contributed by atoms with E-state index in [9.17, 15) is 4.79 Å². The Morgan fingerprint density at radius 1 is 1.10 bits per heavy atom. The lowest BCUT2D eigenvalue weighted by atomic mass is 10.2. The summed E-state index contributed by atoms with van der Waals surface area (Å²) in [6.45, 7) is 2.49. The van der Waals surface area contributed by atoms with Crippen molar-refractivity contribution in [3.05, 3.63) is 86.6 Å². The van der Waals surface area contributed by atoms with Crippen LogP contribution in [0.15, 0.2) is 59.8 Å². The van der Waals surface area contributed by atoms with Crippen LogP contribution in [0.1, 0.15) is 28.4 Å². The highest BCUT2D eigenvalue weighted by molar-refractivity contribution is 6.33. The maximum Gasteiger partial charge on any atom is 0.274 e. The fourth-order valence-corrected chi connectivity index (χ4v) is 3.28. The fourth-order valence-electron chi connectivity index (χ4n) is 2.61. The molecule has 0 aliphatic carbocycles. The van der Waals surface area contributed by atoms with Crippen molar-refractivity contribution in [1.29, 1.82) is 0 Å². The van der Waals surface area contributed by atoms with Gasteiger partial charge in [0.05, 0.1) is 23.4 Å². The molecule has 0 atom stereocenters. The molecule has 1 amide bonds. The molecule has 6 nitrogen and oxygen atoms in total. The average molecular weight is 479 g/mol. The number of hydrazone groups is 1. The minimum Gasteiger partial charge on any atom is -0.490 e. The van der Waals surface area contributed by atoms with Gasteiger partial charge in [-0.15, -0.1) is 0 Å². The van der Waals surface area contributed by atoms with Crippen LogP contribution >= 0.6 is 34.8 Å². The monoisotopic (exact) mass is 477 g/mol. The molecule has 9 heteroatoms. The number of nitrogens with zero attached hydrogens (tertiary/aromatic N) is 2. The van der Waals surface area contributed by atoms with Gasteiger partial charge in [-0.2, -0.15) is 5.10 Å². The quantitative estimate of drug-likeness (QED) is 0.253. The molecule has 0 saturated carbocycles. The molecule has 1 heterocycles. The maximum atomic E-state index is 12.2. The van der Waals surface area contributed by atoms with Crippen LogP contribution in [0.25, 0.3) is 0 Å². The predicted molar refractivity (Wildman–Crippen MR) is 123 cm³/mol. The van der Waals surface area contributed by atoms with Crippen molar-refractivity contribution in [3.63, 3.8) is 0 Å². The lowest BCUT2D eigenvalue weighted by Gasteiger charge is -2.15. The number of rotatable bonds is 8. The number of carbonyl (C=O) groups excluding carboxylic acids is 1. The van der Waals surface area contributed by atoms with Crippen LogP contribution in [-0.2, 0) is 6.61 Å². The van der Waals surface area contributed by atoms with E-state index in [0.717, 1.165) is 5.56 Å². The van der Waals surface area contributed by atoms with E-state index >= 15 is 0 Å². The fraction of sp³-hybridized carbons (Fsp3) is 0.136. The number of carbonyl (C=O) groups is 1. The van der Waals surface area contributed by atoms with Gasteiger partial charge in [-0.1, -0.05) is 53.0 Å². The molecule has 0 radical (unpaired) electrons. The smallest absolute Gasteiger partial charge is 0.274 e. The number of amides is 1. The number of hydrogen-bond acceptors (Lipinski definition) is 5. The molecule has 0 bridgehead atoms. The number of hydrogen-bond donors (Lipinski definition) is 1. The molecule has 0 unspecified atom stereocenters. The van der Waals surface area contributed by atoms with Crippen LogP contribution in [0.3, 0.4) is 0 Å². The number of benzene rings is 2. The molecule has 3 aromatic rings. The second-order valence-electron chi connectivity index (χ2n) is 6.18.